The third kappa shape index (κ3) is 3.60. The summed E-state index contributed by atoms with van der Waals surface area (Å²) in [7, 11) is -1.77. The molecule has 0 aromatic carbocycles. The van der Waals surface area contributed by atoms with Crippen molar-refractivity contribution in [2.24, 2.45) is 0 Å². The van der Waals surface area contributed by atoms with Gasteiger partial charge in [0, 0.05) is 0 Å². The summed E-state index contributed by atoms with van der Waals surface area (Å²) >= 11 is 0. The van der Waals surface area contributed by atoms with Crippen LogP contribution in [0, 0.1) is 0 Å². The van der Waals surface area contributed by atoms with Crippen LogP contribution in [0.1, 0.15) is 23.2 Å². The maximum Gasteiger partial charge on any atom is 0.371 e. The molecule has 0 aliphatic carbocycles. The molecule has 8 heteroatoms. The second kappa shape index (κ2) is 6.40. The molecule has 2 N–H and O–H groups in total. The van der Waals surface area contributed by atoms with Crippen molar-refractivity contribution in [3.63, 3.8) is 0 Å². The highest BCUT2D eigenvalue weighted by Crippen LogP contribution is 2.16. The van der Waals surface area contributed by atoms with Gasteiger partial charge in [-0.25, -0.2) is 4.79 Å². The van der Waals surface area contributed by atoms with Gasteiger partial charge in [0.2, 0.25) is 11.7 Å². The van der Waals surface area contributed by atoms with Gasteiger partial charge in [0.1, 0.15) is 21.8 Å². The fraction of sp³-hybridized carbons (Fsp3) is 0.231. The molecule has 2 unspecified atom stereocenters. The molecule has 0 bridgehead atoms. The van der Waals surface area contributed by atoms with Crippen molar-refractivity contribution in [3.8, 4) is 0 Å². The van der Waals surface area contributed by atoms with E-state index in [0.717, 1.165) is 0 Å². The van der Waals surface area contributed by atoms with Crippen LogP contribution in [0.25, 0.3) is 0 Å². The number of hydrogen-bond acceptors (Lipinski definition) is 5. The van der Waals surface area contributed by atoms with Crippen LogP contribution in [0.3, 0.4) is 0 Å². The minimum absolute atomic E-state index is 0.0481. The van der Waals surface area contributed by atoms with Gasteiger partial charge in [0.15, 0.2) is 5.09 Å². The van der Waals surface area contributed by atoms with Gasteiger partial charge in [-0.3, -0.25) is 9.00 Å². The molecule has 2 aromatic heterocycles. The SMILES string of the molecule is CC(C(=O)NCc1ccco1)S(=O)c1ccc(C(=O)O)o1. The van der Waals surface area contributed by atoms with E-state index in [1.54, 1.807) is 12.1 Å². The van der Waals surface area contributed by atoms with Gasteiger partial charge in [-0.2, -0.15) is 0 Å². The molecule has 0 aliphatic heterocycles. The van der Waals surface area contributed by atoms with Crippen LogP contribution in [0.5, 0.6) is 0 Å². The van der Waals surface area contributed by atoms with Crippen LogP contribution < -0.4 is 5.32 Å². The van der Waals surface area contributed by atoms with Crippen molar-refractivity contribution >= 4 is 22.7 Å². The summed E-state index contributed by atoms with van der Waals surface area (Å²) in [5, 5.41) is 10.4. The number of carboxylic acids is 1. The summed E-state index contributed by atoms with van der Waals surface area (Å²) in [5.41, 5.74) is 0. The highest BCUT2D eigenvalue weighted by Gasteiger charge is 2.24. The van der Waals surface area contributed by atoms with E-state index in [1.807, 2.05) is 0 Å². The predicted octanol–water partition coefficient (Wildman–Crippen LogP) is 1.38. The highest BCUT2D eigenvalue weighted by atomic mass is 32.2. The molecule has 21 heavy (non-hydrogen) atoms. The van der Waals surface area contributed by atoms with Crippen LogP contribution in [0.15, 0.2) is 44.5 Å². The number of aromatic carboxylic acids is 1. The minimum atomic E-state index is -1.77. The monoisotopic (exact) mass is 311 g/mol. The molecule has 0 radical (unpaired) electrons. The first-order valence-electron chi connectivity index (χ1n) is 6.03. The van der Waals surface area contributed by atoms with Crippen molar-refractivity contribution in [1.29, 1.82) is 0 Å². The van der Waals surface area contributed by atoms with Crippen LogP contribution in [-0.2, 0) is 22.1 Å². The minimum Gasteiger partial charge on any atom is -0.475 e. The van der Waals surface area contributed by atoms with Gasteiger partial charge in [-0.1, -0.05) is 0 Å². The largest absolute Gasteiger partial charge is 0.475 e. The van der Waals surface area contributed by atoms with E-state index in [9.17, 15) is 13.8 Å². The molecule has 7 nitrogen and oxygen atoms in total. The number of carboxylic acid groups (broad SMARTS) is 1. The van der Waals surface area contributed by atoms with Gasteiger partial charge in [-0.05, 0) is 31.2 Å². The molecule has 1 amide bonds. The first-order chi connectivity index (χ1) is 9.99. The van der Waals surface area contributed by atoms with Crippen molar-refractivity contribution in [3.05, 3.63) is 42.0 Å². The lowest BCUT2D eigenvalue weighted by Crippen LogP contribution is -2.34. The zero-order chi connectivity index (χ0) is 15.4. The number of carbonyl (C=O) groups is 2. The summed E-state index contributed by atoms with van der Waals surface area (Å²) in [6, 6.07) is 5.88. The van der Waals surface area contributed by atoms with Crippen molar-refractivity contribution in [2.75, 3.05) is 0 Å². The Bertz CT molecular complexity index is 660. The first-order valence-corrected chi connectivity index (χ1v) is 7.24. The number of hydrogen-bond donors (Lipinski definition) is 2. The molecular weight excluding hydrogens is 298 g/mol. The number of amides is 1. The van der Waals surface area contributed by atoms with E-state index in [1.165, 1.54) is 25.3 Å². The number of furan rings is 2. The number of nitrogens with one attached hydrogen (secondary N) is 1. The fourth-order valence-corrected chi connectivity index (χ4v) is 2.55. The maximum absolute atomic E-state index is 12.1. The second-order valence-corrected chi connectivity index (χ2v) is 5.86. The van der Waals surface area contributed by atoms with Gasteiger partial charge < -0.3 is 19.3 Å². The summed E-state index contributed by atoms with van der Waals surface area (Å²) in [5.74, 6) is -1.44. The first kappa shape index (κ1) is 15.0. The summed E-state index contributed by atoms with van der Waals surface area (Å²) in [4.78, 5) is 22.6. The van der Waals surface area contributed by atoms with Crippen LogP contribution >= 0.6 is 0 Å². The van der Waals surface area contributed by atoms with E-state index in [-0.39, 0.29) is 17.4 Å². The van der Waals surface area contributed by atoms with E-state index >= 15 is 0 Å². The van der Waals surface area contributed by atoms with Gasteiger partial charge in [-0.15, -0.1) is 0 Å². The normalized spacial score (nSPS) is 13.6. The third-order valence-electron chi connectivity index (χ3n) is 2.70. The second-order valence-electron chi connectivity index (χ2n) is 4.16. The van der Waals surface area contributed by atoms with Crippen LogP contribution in [0.2, 0.25) is 0 Å². The lowest BCUT2D eigenvalue weighted by molar-refractivity contribution is -0.120. The maximum atomic E-state index is 12.1. The van der Waals surface area contributed by atoms with Gasteiger partial charge in [0.25, 0.3) is 0 Å². The van der Waals surface area contributed by atoms with Crippen molar-refractivity contribution < 1.29 is 27.7 Å². The third-order valence-corrected chi connectivity index (χ3v) is 4.17. The molecule has 2 aromatic rings. The lowest BCUT2D eigenvalue weighted by Gasteiger charge is -2.09. The summed E-state index contributed by atoms with van der Waals surface area (Å²) < 4.78 is 22.1. The van der Waals surface area contributed by atoms with Gasteiger partial charge in [0.05, 0.1) is 12.8 Å². The Kier molecular flexibility index (Phi) is 4.59. The zero-order valence-electron chi connectivity index (χ0n) is 11.1. The predicted molar refractivity (Wildman–Crippen MR) is 72.1 cm³/mol. The zero-order valence-corrected chi connectivity index (χ0v) is 11.9. The van der Waals surface area contributed by atoms with Crippen molar-refractivity contribution in [2.45, 2.75) is 23.8 Å². The van der Waals surface area contributed by atoms with Crippen LogP contribution in [0.4, 0.5) is 0 Å². The number of carbonyl (C=O) groups excluding carboxylic acids is 1. The van der Waals surface area contributed by atoms with E-state index in [2.05, 4.69) is 5.32 Å². The Balaban J connectivity index is 1.97. The molecule has 2 rings (SSSR count). The van der Waals surface area contributed by atoms with Crippen LogP contribution in [-0.4, -0.2) is 26.4 Å². The summed E-state index contributed by atoms with van der Waals surface area (Å²) in [6.07, 6.45) is 1.49. The molecular formula is C13H13NO6S. The quantitative estimate of drug-likeness (QED) is 0.834. The Hall–Kier alpha value is -2.35. The fourth-order valence-electron chi connectivity index (χ4n) is 1.55. The van der Waals surface area contributed by atoms with Crippen molar-refractivity contribution in [1.82, 2.24) is 5.32 Å². The Morgan fingerprint density at radius 3 is 2.71 bits per heavy atom. The molecule has 2 heterocycles. The van der Waals surface area contributed by atoms with E-state index < -0.39 is 27.9 Å². The molecule has 0 saturated carbocycles. The Labute approximate surface area is 122 Å². The number of rotatable bonds is 6. The average Bonchev–Trinajstić information content (AvgIpc) is 3.13. The summed E-state index contributed by atoms with van der Waals surface area (Å²) in [6.45, 7) is 1.66. The molecule has 2 atom stereocenters. The standard InChI is InChI=1S/C13H13NO6S/c1-8(12(15)14-7-9-3-2-6-19-9)21(18)11-5-4-10(20-11)13(16)17/h2-6,8H,7H2,1H3,(H,14,15)(H,16,17). The molecule has 0 aliphatic rings. The van der Waals surface area contributed by atoms with E-state index in [4.69, 9.17) is 13.9 Å². The molecule has 112 valence electrons. The molecule has 0 saturated heterocycles. The highest BCUT2D eigenvalue weighted by molar-refractivity contribution is 7.86. The Morgan fingerprint density at radius 1 is 1.38 bits per heavy atom. The topological polar surface area (TPSA) is 110 Å². The van der Waals surface area contributed by atoms with Gasteiger partial charge >= 0.3 is 5.97 Å². The molecule has 0 fully saturated rings. The Morgan fingerprint density at radius 2 is 2.14 bits per heavy atom. The molecule has 0 spiro atoms. The lowest BCUT2D eigenvalue weighted by atomic mass is 10.4. The van der Waals surface area contributed by atoms with E-state index in [0.29, 0.717) is 5.76 Å². The smallest absolute Gasteiger partial charge is 0.371 e. The average molecular weight is 311 g/mol.